The molecule has 6 heteroatoms. The summed E-state index contributed by atoms with van der Waals surface area (Å²) in [5, 5.41) is 10.7. The number of ether oxygens (including phenoxy) is 1. The number of benzene rings is 1. The quantitative estimate of drug-likeness (QED) is 0.468. The normalized spacial score (nSPS) is 10.3. The summed E-state index contributed by atoms with van der Waals surface area (Å²) in [7, 11) is 1.35. The van der Waals surface area contributed by atoms with E-state index in [9.17, 15) is 14.9 Å². The Bertz CT molecular complexity index is 454. The number of rotatable bonds is 4. The number of hydrogen-bond donors (Lipinski definition) is 1. The lowest BCUT2D eigenvalue weighted by molar-refractivity contribution is -0.385. The van der Waals surface area contributed by atoms with Crippen molar-refractivity contribution in [2.45, 2.75) is 0 Å². The second-order valence-corrected chi connectivity index (χ2v) is 2.92. The Balaban J connectivity index is 3.12. The van der Waals surface area contributed by atoms with Crippen molar-refractivity contribution in [1.29, 1.82) is 0 Å². The van der Waals surface area contributed by atoms with E-state index in [1.165, 1.54) is 25.3 Å². The lowest BCUT2D eigenvalue weighted by Gasteiger charge is -2.01. The van der Waals surface area contributed by atoms with E-state index in [2.05, 4.69) is 0 Å². The molecule has 0 bridgehead atoms. The van der Waals surface area contributed by atoms with Crippen molar-refractivity contribution < 1.29 is 14.5 Å². The number of nitro groups is 1. The number of hydrogen-bond acceptors (Lipinski definition) is 4. The first-order valence-corrected chi connectivity index (χ1v) is 4.34. The smallest absolute Gasteiger partial charge is 0.311 e. The molecule has 1 aromatic carbocycles. The average molecular weight is 222 g/mol. The molecule has 0 aliphatic rings. The van der Waals surface area contributed by atoms with Gasteiger partial charge in [-0.05, 0) is 17.7 Å². The van der Waals surface area contributed by atoms with E-state index in [1.807, 2.05) is 0 Å². The third kappa shape index (κ3) is 2.81. The summed E-state index contributed by atoms with van der Waals surface area (Å²) in [4.78, 5) is 20.6. The van der Waals surface area contributed by atoms with Gasteiger partial charge in [0.05, 0.1) is 12.0 Å². The molecule has 0 radical (unpaired) electrons. The van der Waals surface area contributed by atoms with Gasteiger partial charge in [-0.1, -0.05) is 6.07 Å². The van der Waals surface area contributed by atoms with Gasteiger partial charge in [-0.3, -0.25) is 14.9 Å². The molecular weight excluding hydrogens is 212 g/mol. The van der Waals surface area contributed by atoms with Gasteiger partial charge >= 0.3 is 5.69 Å². The van der Waals surface area contributed by atoms with Crippen molar-refractivity contribution in [3.8, 4) is 5.75 Å². The number of primary amides is 1. The Morgan fingerprint density at radius 3 is 2.75 bits per heavy atom. The van der Waals surface area contributed by atoms with Crippen LogP contribution in [0.3, 0.4) is 0 Å². The average Bonchev–Trinajstić information content (AvgIpc) is 2.25. The van der Waals surface area contributed by atoms with E-state index in [4.69, 9.17) is 10.5 Å². The number of carbonyl (C=O) groups is 1. The SMILES string of the molecule is COc1ccc(C=CC(N)=O)cc1[N+](=O)[O-]. The topological polar surface area (TPSA) is 95.5 Å². The predicted molar refractivity (Wildman–Crippen MR) is 57.9 cm³/mol. The van der Waals surface area contributed by atoms with Gasteiger partial charge in [-0.2, -0.15) is 0 Å². The van der Waals surface area contributed by atoms with Gasteiger partial charge in [0.25, 0.3) is 0 Å². The van der Waals surface area contributed by atoms with E-state index < -0.39 is 10.8 Å². The van der Waals surface area contributed by atoms with Crippen molar-refractivity contribution in [2.24, 2.45) is 5.73 Å². The van der Waals surface area contributed by atoms with Gasteiger partial charge in [0, 0.05) is 12.1 Å². The summed E-state index contributed by atoms with van der Waals surface area (Å²) in [5.41, 5.74) is 5.26. The van der Waals surface area contributed by atoms with Gasteiger partial charge in [-0.25, -0.2) is 0 Å². The fourth-order valence-corrected chi connectivity index (χ4v) is 1.13. The van der Waals surface area contributed by atoms with Crippen LogP contribution >= 0.6 is 0 Å². The molecule has 0 fully saturated rings. The maximum absolute atomic E-state index is 10.7. The molecule has 0 aliphatic heterocycles. The second-order valence-electron chi connectivity index (χ2n) is 2.92. The fraction of sp³-hybridized carbons (Fsp3) is 0.100. The van der Waals surface area contributed by atoms with E-state index in [-0.39, 0.29) is 11.4 Å². The maximum Gasteiger partial charge on any atom is 0.311 e. The molecule has 2 N–H and O–H groups in total. The highest BCUT2D eigenvalue weighted by molar-refractivity contribution is 5.90. The van der Waals surface area contributed by atoms with Gasteiger partial charge in [0.1, 0.15) is 0 Å². The third-order valence-corrected chi connectivity index (χ3v) is 1.84. The van der Waals surface area contributed by atoms with Crippen LogP contribution in [0.1, 0.15) is 5.56 Å². The van der Waals surface area contributed by atoms with Crippen molar-refractivity contribution in [3.63, 3.8) is 0 Å². The van der Waals surface area contributed by atoms with Gasteiger partial charge in [0.15, 0.2) is 5.75 Å². The Labute approximate surface area is 91.5 Å². The lowest BCUT2D eigenvalue weighted by atomic mass is 10.1. The highest BCUT2D eigenvalue weighted by atomic mass is 16.6. The maximum atomic E-state index is 10.7. The molecular formula is C10H10N2O4. The summed E-state index contributed by atoms with van der Waals surface area (Å²) >= 11 is 0. The Kier molecular flexibility index (Phi) is 3.60. The van der Waals surface area contributed by atoms with Crippen molar-refractivity contribution in [1.82, 2.24) is 0 Å². The molecule has 0 saturated heterocycles. The first-order valence-electron chi connectivity index (χ1n) is 4.34. The summed E-state index contributed by atoms with van der Waals surface area (Å²) in [5.74, 6) is -0.445. The highest BCUT2D eigenvalue weighted by Gasteiger charge is 2.14. The van der Waals surface area contributed by atoms with Crippen LogP contribution in [0.5, 0.6) is 5.75 Å². The van der Waals surface area contributed by atoms with Gasteiger partial charge in [-0.15, -0.1) is 0 Å². The largest absolute Gasteiger partial charge is 0.490 e. The molecule has 0 atom stereocenters. The first kappa shape index (κ1) is 11.7. The predicted octanol–water partition coefficient (Wildman–Crippen LogP) is 1.10. The van der Waals surface area contributed by atoms with Crippen LogP contribution in [-0.2, 0) is 4.79 Å². The van der Waals surface area contributed by atoms with E-state index in [0.29, 0.717) is 5.56 Å². The highest BCUT2D eigenvalue weighted by Crippen LogP contribution is 2.27. The second kappa shape index (κ2) is 4.92. The third-order valence-electron chi connectivity index (χ3n) is 1.84. The van der Waals surface area contributed by atoms with E-state index in [0.717, 1.165) is 6.08 Å². The Morgan fingerprint density at radius 1 is 1.56 bits per heavy atom. The molecule has 1 rings (SSSR count). The summed E-state index contributed by atoms with van der Waals surface area (Å²) < 4.78 is 4.83. The zero-order valence-electron chi connectivity index (χ0n) is 8.54. The summed E-state index contributed by atoms with van der Waals surface area (Å²) in [6.07, 6.45) is 2.53. The molecule has 16 heavy (non-hydrogen) atoms. The molecule has 1 amide bonds. The van der Waals surface area contributed by atoms with Crippen LogP contribution in [0, 0.1) is 10.1 Å². The molecule has 0 spiro atoms. The van der Waals surface area contributed by atoms with Crippen LogP contribution in [0.25, 0.3) is 6.08 Å². The molecule has 84 valence electrons. The van der Waals surface area contributed by atoms with Crippen molar-refractivity contribution >= 4 is 17.7 Å². The van der Waals surface area contributed by atoms with Crippen molar-refractivity contribution in [2.75, 3.05) is 7.11 Å². The molecule has 0 unspecified atom stereocenters. The van der Waals surface area contributed by atoms with Crippen molar-refractivity contribution in [3.05, 3.63) is 40.0 Å². The summed E-state index contributed by atoms with van der Waals surface area (Å²) in [6, 6.07) is 4.35. The van der Waals surface area contributed by atoms with E-state index in [1.54, 1.807) is 6.07 Å². The minimum absolute atomic E-state index is 0.158. The molecule has 0 heterocycles. The minimum Gasteiger partial charge on any atom is -0.490 e. The lowest BCUT2D eigenvalue weighted by Crippen LogP contribution is -2.05. The molecule has 0 aliphatic carbocycles. The van der Waals surface area contributed by atoms with Gasteiger partial charge < -0.3 is 10.5 Å². The first-order chi connectivity index (χ1) is 7.54. The number of nitrogens with zero attached hydrogens (tertiary/aromatic N) is 1. The summed E-state index contributed by atoms with van der Waals surface area (Å²) in [6.45, 7) is 0. The van der Waals surface area contributed by atoms with Crippen LogP contribution in [0.4, 0.5) is 5.69 Å². The number of nitrogens with two attached hydrogens (primary N) is 1. The number of amides is 1. The Morgan fingerprint density at radius 2 is 2.25 bits per heavy atom. The molecule has 6 nitrogen and oxygen atoms in total. The molecule has 1 aromatic rings. The monoisotopic (exact) mass is 222 g/mol. The van der Waals surface area contributed by atoms with Crippen LogP contribution < -0.4 is 10.5 Å². The number of methoxy groups -OCH3 is 1. The molecule has 0 aromatic heterocycles. The fourth-order valence-electron chi connectivity index (χ4n) is 1.13. The van der Waals surface area contributed by atoms with Gasteiger partial charge in [0.2, 0.25) is 5.91 Å². The minimum atomic E-state index is -0.613. The zero-order valence-corrected chi connectivity index (χ0v) is 8.54. The van der Waals surface area contributed by atoms with Crippen LogP contribution in [0.15, 0.2) is 24.3 Å². The number of nitro benzene ring substituents is 1. The number of carbonyl (C=O) groups excluding carboxylic acids is 1. The standard InChI is InChI=1S/C10H10N2O4/c1-16-9-4-2-7(3-5-10(11)13)6-8(9)12(14)15/h2-6H,1H3,(H2,11,13). The zero-order chi connectivity index (χ0) is 12.1. The molecule has 0 saturated carbocycles. The van der Waals surface area contributed by atoms with Crippen LogP contribution in [0.2, 0.25) is 0 Å². The Hall–Kier alpha value is -2.37. The van der Waals surface area contributed by atoms with Crippen LogP contribution in [-0.4, -0.2) is 17.9 Å². The van der Waals surface area contributed by atoms with E-state index >= 15 is 0 Å².